The van der Waals surface area contributed by atoms with Crippen molar-refractivity contribution in [1.82, 2.24) is 15.3 Å². The van der Waals surface area contributed by atoms with Gasteiger partial charge in [0.2, 0.25) is 0 Å². The smallest absolute Gasteiger partial charge is 0.270 e. The number of hydrogen-bond donors (Lipinski definition) is 2. The normalized spacial score (nSPS) is 14.6. The van der Waals surface area contributed by atoms with Gasteiger partial charge in [-0.05, 0) is 37.5 Å². The van der Waals surface area contributed by atoms with Gasteiger partial charge in [-0.2, -0.15) is 0 Å². The average Bonchev–Trinajstić information content (AvgIpc) is 3.07. The molecule has 1 aliphatic rings. The van der Waals surface area contributed by atoms with E-state index in [0.29, 0.717) is 23.9 Å². The Balaban J connectivity index is 1.66. The maximum absolute atomic E-state index is 12.9. The Morgan fingerprint density at radius 1 is 1.21 bits per heavy atom. The Morgan fingerprint density at radius 3 is 2.62 bits per heavy atom. The van der Waals surface area contributed by atoms with Crippen LogP contribution in [0.4, 0.5) is 10.2 Å². The highest BCUT2D eigenvalue weighted by Crippen LogP contribution is 2.18. The zero-order valence-corrected chi connectivity index (χ0v) is 13.7. The molecule has 24 heavy (non-hydrogen) atoms. The molecule has 2 aromatic rings. The van der Waals surface area contributed by atoms with Crippen molar-refractivity contribution in [3.8, 4) is 0 Å². The summed E-state index contributed by atoms with van der Waals surface area (Å²) in [4.78, 5) is 20.9. The SMILES string of the molecule is Cc1nc(NCc2ccc(F)cc2)cc(C(=O)NC2CCCC2)n1. The van der Waals surface area contributed by atoms with Gasteiger partial charge in [-0.3, -0.25) is 4.79 Å². The summed E-state index contributed by atoms with van der Waals surface area (Å²) in [7, 11) is 0. The number of benzene rings is 1. The second kappa shape index (κ2) is 7.38. The number of aromatic nitrogens is 2. The number of aryl methyl sites for hydroxylation is 1. The van der Waals surface area contributed by atoms with Crippen LogP contribution >= 0.6 is 0 Å². The van der Waals surface area contributed by atoms with Crippen LogP contribution in [-0.2, 0) is 6.54 Å². The lowest BCUT2D eigenvalue weighted by molar-refractivity contribution is 0.0932. The van der Waals surface area contributed by atoms with E-state index in [1.165, 1.54) is 12.1 Å². The van der Waals surface area contributed by atoms with E-state index in [9.17, 15) is 9.18 Å². The first-order valence-electron chi connectivity index (χ1n) is 8.25. The number of amides is 1. The maximum atomic E-state index is 12.9. The number of halogens is 1. The zero-order valence-electron chi connectivity index (χ0n) is 13.7. The fourth-order valence-corrected chi connectivity index (χ4v) is 2.90. The van der Waals surface area contributed by atoms with Crippen LogP contribution in [0.25, 0.3) is 0 Å². The lowest BCUT2D eigenvalue weighted by atomic mass is 10.2. The quantitative estimate of drug-likeness (QED) is 0.884. The molecule has 0 radical (unpaired) electrons. The Labute approximate surface area is 140 Å². The summed E-state index contributed by atoms with van der Waals surface area (Å²) in [5, 5.41) is 6.19. The summed E-state index contributed by atoms with van der Waals surface area (Å²) in [6, 6.07) is 8.17. The molecule has 1 saturated carbocycles. The van der Waals surface area contributed by atoms with Crippen LogP contribution in [-0.4, -0.2) is 21.9 Å². The minimum absolute atomic E-state index is 0.155. The van der Waals surface area contributed by atoms with Crippen LogP contribution in [0.1, 0.15) is 47.6 Å². The van der Waals surface area contributed by atoms with E-state index < -0.39 is 0 Å². The summed E-state index contributed by atoms with van der Waals surface area (Å²) in [5.74, 6) is 0.707. The van der Waals surface area contributed by atoms with Crippen LogP contribution in [0.3, 0.4) is 0 Å². The number of carbonyl (C=O) groups is 1. The minimum atomic E-state index is -0.262. The molecule has 1 aromatic heterocycles. The van der Waals surface area contributed by atoms with E-state index in [1.54, 1.807) is 25.1 Å². The zero-order chi connectivity index (χ0) is 16.9. The molecule has 6 heteroatoms. The van der Waals surface area contributed by atoms with Gasteiger partial charge >= 0.3 is 0 Å². The lowest BCUT2D eigenvalue weighted by Crippen LogP contribution is -2.33. The molecule has 5 nitrogen and oxygen atoms in total. The standard InChI is InChI=1S/C18H21FN4O/c1-12-21-16(18(24)23-15-4-2-3-5-15)10-17(22-12)20-11-13-6-8-14(19)9-7-13/h6-10,15H,2-5,11H2,1H3,(H,23,24)(H,20,21,22). The molecular weight excluding hydrogens is 307 g/mol. The number of anilines is 1. The molecule has 0 bridgehead atoms. The van der Waals surface area contributed by atoms with Crippen molar-refractivity contribution in [2.24, 2.45) is 0 Å². The van der Waals surface area contributed by atoms with Crippen LogP contribution in [0.2, 0.25) is 0 Å². The Kier molecular flexibility index (Phi) is 5.03. The molecule has 126 valence electrons. The average molecular weight is 328 g/mol. The van der Waals surface area contributed by atoms with Gasteiger partial charge < -0.3 is 10.6 Å². The van der Waals surface area contributed by atoms with E-state index >= 15 is 0 Å². The molecule has 0 saturated heterocycles. The molecule has 1 aromatic carbocycles. The van der Waals surface area contributed by atoms with Gasteiger partial charge in [0.25, 0.3) is 5.91 Å². The summed E-state index contributed by atoms with van der Waals surface area (Å²) in [6.45, 7) is 2.26. The van der Waals surface area contributed by atoms with Crippen molar-refractivity contribution in [3.63, 3.8) is 0 Å². The number of nitrogens with zero attached hydrogens (tertiary/aromatic N) is 2. The van der Waals surface area contributed by atoms with E-state index in [0.717, 1.165) is 31.2 Å². The van der Waals surface area contributed by atoms with Crippen molar-refractivity contribution >= 4 is 11.7 Å². The summed E-state index contributed by atoms with van der Waals surface area (Å²) in [5.41, 5.74) is 1.31. The van der Waals surface area contributed by atoms with Crippen LogP contribution in [0.5, 0.6) is 0 Å². The van der Waals surface area contributed by atoms with Crippen molar-refractivity contribution in [2.45, 2.75) is 45.2 Å². The second-order valence-corrected chi connectivity index (χ2v) is 6.12. The molecule has 0 atom stereocenters. The van der Waals surface area contributed by atoms with E-state index in [-0.39, 0.29) is 17.8 Å². The van der Waals surface area contributed by atoms with E-state index in [1.807, 2.05) is 0 Å². The van der Waals surface area contributed by atoms with Crippen LogP contribution in [0, 0.1) is 12.7 Å². The molecule has 0 unspecified atom stereocenters. The topological polar surface area (TPSA) is 66.9 Å². The van der Waals surface area contributed by atoms with Gasteiger partial charge in [-0.1, -0.05) is 25.0 Å². The third-order valence-corrected chi connectivity index (χ3v) is 4.15. The highest BCUT2D eigenvalue weighted by atomic mass is 19.1. The Morgan fingerprint density at radius 2 is 1.92 bits per heavy atom. The predicted molar refractivity (Wildman–Crippen MR) is 90.2 cm³/mol. The summed E-state index contributed by atoms with van der Waals surface area (Å²) >= 11 is 0. The molecule has 1 amide bonds. The Bertz CT molecular complexity index is 711. The van der Waals surface area contributed by atoms with Crippen LogP contribution < -0.4 is 10.6 Å². The maximum Gasteiger partial charge on any atom is 0.270 e. The Hall–Kier alpha value is -2.50. The largest absolute Gasteiger partial charge is 0.366 e. The first-order valence-corrected chi connectivity index (χ1v) is 8.25. The molecule has 3 rings (SSSR count). The highest BCUT2D eigenvalue weighted by Gasteiger charge is 2.19. The lowest BCUT2D eigenvalue weighted by Gasteiger charge is -2.13. The number of carbonyl (C=O) groups excluding carboxylic acids is 1. The van der Waals surface area contributed by atoms with Gasteiger partial charge in [0.05, 0.1) is 0 Å². The van der Waals surface area contributed by atoms with Crippen molar-refractivity contribution < 1.29 is 9.18 Å². The van der Waals surface area contributed by atoms with Crippen molar-refractivity contribution in [1.29, 1.82) is 0 Å². The third-order valence-electron chi connectivity index (χ3n) is 4.15. The van der Waals surface area contributed by atoms with Crippen LogP contribution in [0.15, 0.2) is 30.3 Å². The monoisotopic (exact) mass is 328 g/mol. The molecule has 1 aliphatic carbocycles. The minimum Gasteiger partial charge on any atom is -0.366 e. The third kappa shape index (κ3) is 4.28. The first kappa shape index (κ1) is 16.4. The van der Waals surface area contributed by atoms with Gasteiger partial charge in [0.15, 0.2) is 0 Å². The number of rotatable bonds is 5. The van der Waals surface area contributed by atoms with Gasteiger partial charge in [0.1, 0.15) is 23.2 Å². The highest BCUT2D eigenvalue weighted by molar-refractivity contribution is 5.93. The summed E-state index contributed by atoms with van der Waals surface area (Å²) in [6.07, 6.45) is 4.40. The van der Waals surface area contributed by atoms with Gasteiger partial charge in [-0.25, -0.2) is 14.4 Å². The van der Waals surface area contributed by atoms with Crippen molar-refractivity contribution in [2.75, 3.05) is 5.32 Å². The molecule has 2 N–H and O–H groups in total. The summed E-state index contributed by atoms with van der Waals surface area (Å²) < 4.78 is 12.9. The van der Waals surface area contributed by atoms with Gasteiger partial charge in [-0.15, -0.1) is 0 Å². The van der Waals surface area contributed by atoms with Crippen molar-refractivity contribution in [3.05, 3.63) is 53.2 Å². The fourth-order valence-electron chi connectivity index (χ4n) is 2.90. The van der Waals surface area contributed by atoms with Gasteiger partial charge in [0, 0.05) is 18.7 Å². The fraction of sp³-hybridized carbons (Fsp3) is 0.389. The number of hydrogen-bond acceptors (Lipinski definition) is 4. The van der Waals surface area contributed by atoms with E-state index in [2.05, 4.69) is 20.6 Å². The predicted octanol–water partition coefficient (Wildman–Crippen LogP) is 3.21. The molecule has 1 fully saturated rings. The molecule has 0 aliphatic heterocycles. The molecule has 1 heterocycles. The molecular formula is C18H21FN4O. The number of nitrogens with one attached hydrogen (secondary N) is 2. The van der Waals surface area contributed by atoms with E-state index in [4.69, 9.17) is 0 Å². The second-order valence-electron chi connectivity index (χ2n) is 6.12. The molecule has 0 spiro atoms. The first-order chi connectivity index (χ1) is 11.6.